The first-order valence-corrected chi connectivity index (χ1v) is 9.89. The zero-order valence-electron chi connectivity index (χ0n) is 17.0. The molecule has 1 amide bonds. The minimum absolute atomic E-state index is 0.132. The second-order valence-electron chi connectivity index (χ2n) is 8.02. The maximum Gasteiger partial charge on any atom is 0.232 e. The van der Waals surface area contributed by atoms with Gasteiger partial charge < -0.3 is 10.5 Å². The van der Waals surface area contributed by atoms with Gasteiger partial charge in [0.2, 0.25) is 11.8 Å². The fraction of sp³-hybridized carbons (Fsp3) is 0.429. The number of carbonyl (C=O) groups excluding carboxylic acids is 2. The molecule has 1 aliphatic carbocycles. The number of nitrogens with zero attached hydrogens (tertiary/aromatic N) is 5. The molecular formula is C21H24N6O3. The minimum atomic E-state index is -0.868. The zero-order valence-corrected chi connectivity index (χ0v) is 17.0. The van der Waals surface area contributed by atoms with Crippen LogP contribution in [-0.2, 0) is 16.8 Å². The van der Waals surface area contributed by atoms with Gasteiger partial charge in [-0.1, -0.05) is 0 Å². The lowest BCUT2D eigenvalue weighted by Gasteiger charge is -2.32. The van der Waals surface area contributed by atoms with Crippen molar-refractivity contribution in [3.63, 3.8) is 0 Å². The lowest BCUT2D eigenvalue weighted by molar-refractivity contribution is -0.128. The van der Waals surface area contributed by atoms with Crippen LogP contribution < -0.4 is 10.5 Å². The van der Waals surface area contributed by atoms with Crippen molar-refractivity contribution >= 4 is 17.6 Å². The van der Waals surface area contributed by atoms with Gasteiger partial charge in [-0.2, -0.15) is 0 Å². The topological polar surface area (TPSA) is 124 Å². The van der Waals surface area contributed by atoms with Crippen LogP contribution in [0.2, 0.25) is 0 Å². The van der Waals surface area contributed by atoms with Crippen molar-refractivity contribution in [3.05, 3.63) is 47.7 Å². The molecule has 0 bridgehead atoms. The predicted molar refractivity (Wildman–Crippen MR) is 109 cm³/mol. The summed E-state index contributed by atoms with van der Waals surface area (Å²) < 4.78 is 5.56. The summed E-state index contributed by atoms with van der Waals surface area (Å²) in [6.45, 7) is 2.45. The highest BCUT2D eigenvalue weighted by Gasteiger charge is 2.37. The number of hydrogen-bond donors (Lipinski definition) is 1. The van der Waals surface area contributed by atoms with Crippen LogP contribution in [0.15, 0.2) is 35.7 Å². The number of rotatable bonds is 7. The Morgan fingerprint density at radius 1 is 1.30 bits per heavy atom. The first kappa shape index (κ1) is 19.9. The van der Waals surface area contributed by atoms with E-state index in [-0.39, 0.29) is 36.2 Å². The van der Waals surface area contributed by atoms with Gasteiger partial charge in [0.1, 0.15) is 11.2 Å². The third kappa shape index (κ3) is 4.29. The molecule has 156 valence electrons. The van der Waals surface area contributed by atoms with Crippen molar-refractivity contribution in [2.75, 3.05) is 13.7 Å². The molecule has 0 aromatic carbocycles. The van der Waals surface area contributed by atoms with E-state index in [1.54, 1.807) is 25.4 Å². The largest absolute Gasteiger partial charge is 0.476 e. The van der Waals surface area contributed by atoms with E-state index in [1.807, 2.05) is 6.92 Å². The lowest BCUT2D eigenvalue weighted by Crippen LogP contribution is -2.47. The molecule has 2 aromatic heterocycles. The van der Waals surface area contributed by atoms with Gasteiger partial charge in [0, 0.05) is 19.7 Å². The number of aliphatic imine (C=N–C) groups is 1. The van der Waals surface area contributed by atoms with Crippen molar-refractivity contribution in [3.8, 4) is 5.88 Å². The molecule has 9 nitrogen and oxygen atoms in total. The molecule has 1 fully saturated rings. The summed E-state index contributed by atoms with van der Waals surface area (Å²) in [7, 11) is 1.59. The van der Waals surface area contributed by atoms with E-state index in [0.717, 1.165) is 5.56 Å². The second kappa shape index (κ2) is 7.81. The first-order valence-electron chi connectivity index (χ1n) is 9.89. The van der Waals surface area contributed by atoms with Crippen molar-refractivity contribution in [2.24, 2.45) is 16.6 Å². The Bertz CT molecular complexity index is 1000. The summed E-state index contributed by atoms with van der Waals surface area (Å²) in [5.74, 6) is 0.903. The van der Waals surface area contributed by atoms with Gasteiger partial charge in [-0.15, -0.1) is 0 Å². The van der Waals surface area contributed by atoms with Crippen molar-refractivity contribution in [1.82, 2.24) is 19.9 Å². The number of hydrogen-bond acceptors (Lipinski definition) is 8. The van der Waals surface area contributed by atoms with Crippen LogP contribution in [0, 0.1) is 5.92 Å². The lowest BCUT2D eigenvalue weighted by atomic mass is 9.90. The summed E-state index contributed by atoms with van der Waals surface area (Å²) in [5.41, 5.74) is 6.62. The number of ether oxygens (including phenoxy) is 1. The zero-order chi connectivity index (χ0) is 21.3. The maximum atomic E-state index is 12.6. The number of carbonyl (C=O) groups is 2. The molecule has 30 heavy (non-hydrogen) atoms. The average Bonchev–Trinajstić information content (AvgIpc) is 3.55. The summed E-state index contributed by atoms with van der Waals surface area (Å²) in [6, 6.07) is 3.54. The first-order chi connectivity index (χ1) is 14.3. The third-order valence-electron chi connectivity index (χ3n) is 5.39. The van der Waals surface area contributed by atoms with E-state index >= 15 is 0 Å². The number of pyridine rings is 1. The summed E-state index contributed by atoms with van der Waals surface area (Å²) in [5, 5.41) is 0. The minimum Gasteiger partial charge on any atom is -0.476 e. The number of guanidine groups is 1. The Kier molecular flexibility index (Phi) is 5.19. The van der Waals surface area contributed by atoms with Crippen LogP contribution in [-0.4, -0.2) is 51.2 Å². The van der Waals surface area contributed by atoms with E-state index in [0.29, 0.717) is 24.1 Å². The smallest absolute Gasteiger partial charge is 0.232 e. The van der Waals surface area contributed by atoms with E-state index < -0.39 is 5.54 Å². The van der Waals surface area contributed by atoms with Gasteiger partial charge >= 0.3 is 0 Å². The summed E-state index contributed by atoms with van der Waals surface area (Å²) in [6.07, 6.45) is 7.21. The van der Waals surface area contributed by atoms with Crippen LogP contribution in [0.5, 0.6) is 5.88 Å². The maximum absolute atomic E-state index is 12.6. The Hall–Kier alpha value is -3.36. The Morgan fingerprint density at radius 3 is 2.77 bits per heavy atom. The SMILES string of the molecule is CN1C(=O)CC(C)(c2cc(CC(=O)c3cnc(OCC4CC4)cn3)ccn2)N=C1N. The Labute approximate surface area is 174 Å². The number of aromatic nitrogens is 3. The summed E-state index contributed by atoms with van der Waals surface area (Å²) in [4.78, 5) is 43.4. The summed E-state index contributed by atoms with van der Waals surface area (Å²) >= 11 is 0. The molecular weight excluding hydrogens is 384 g/mol. The molecule has 1 unspecified atom stereocenters. The molecule has 9 heteroatoms. The van der Waals surface area contributed by atoms with Gasteiger partial charge in [-0.3, -0.25) is 19.5 Å². The highest BCUT2D eigenvalue weighted by molar-refractivity contribution is 5.98. The van der Waals surface area contributed by atoms with Crippen LogP contribution >= 0.6 is 0 Å². The van der Waals surface area contributed by atoms with E-state index in [1.165, 1.54) is 30.1 Å². The van der Waals surface area contributed by atoms with Gasteiger partial charge in [0.05, 0.1) is 31.1 Å². The van der Waals surface area contributed by atoms with Crippen molar-refractivity contribution < 1.29 is 14.3 Å². The number of amides is 1. The number of Topliss-reactive ketones (excluding diaryl/α,β-unsaturated/α-hetero) is 1. The van der Waals surface area contributed by atoms with Crippen LogP contribution in [0.25, 0.3) is 0 Å². The molecule has 1 saturated carbocycles. The quantitative estimate of drug-likeness (QED) is 0.688. The average molecular weight is 408 g/mol. The van der Waals surface area contributed by atoms with Crippen molar-refractivity contribution in [1.29, 1.82) is 0 Å². The highest BCUT2D eigenvalue weighted by Crippen LogP contribution is 2.32. The highest BCUT2D eigenvalue weighted by atomic mass is 16.5. The Balaban J connectivity index is 1.46. The van der Waals surface area contributed by atoms with E-state index in [2.05, 4.69) is 19.9 Å². The standard InChI is InChI=1S/C21H24N6O3/c1-21(9-19(29)27(2)20(22)26-21)17-8-14(5-6-23-17)7-16(28)15-10-25-18(11-24-15)30-12-13-3-4-13/h5-6,8,10-11,13H,3-4,7,9,12H2,1-2H3,(H2,22,26). The second-order valence-corrected chi connectivity index (χ2v) is 8.02. The molecule has 0 radical (unpaired) electrons. The monoisotopic (exact) mass is 408 g/mol. The van der Waals surface area contributed by atoms with Crippen LogP contribution in [0.4, 0.5) is 0 Å². The molecule has 2 aromatic rings. The molecule has 2 N–H and O–H groups in total. The van der Waals surface area contributed by atoms with E-state index in [4.69, 9.17) is 10.5 Å². The van der Waals surface area contributed by atoms with Gasteiger partial charge in [-0.25, -0.2) is 15.0 Å². The third-order valence-corrected chi connectivity index (χ3v) is 5.39. The normalized spacial score (nSPS) is 21.3. The van der Waals surface area contributed by atoms with Gasteiger partial charge in [0.15, 0.2) is 11.7 Å². The number of ketones is 1. The molecule has 2 aliphatic rings. The van der Waals surface area contributed by atoms with Gasteiger partial charge in [0.25, 0.3) is 0 Å². The molecule has 0 spiro atoms. The molecule has 1 aliphatic heterocycles. The number of nitrogens with two attached hydrogens (primary N) is 1. The fourth-order valence-corrected chi connectivity index (χ4v) is 3.23. The van der Waals surface area contributed by atoms with Gasteiger partial charge in [-0.05, 0) is 43.4 Å². The molecule has 0 saturated heterocycles. The van der Waals surface area contributed by atoms with E-state index in [9.17, 15) is 9.59 Å². The van der Waals surface area contributed by atoms with Crippen LogP contribution in [0.1, 0.15) is 47.9 Å². The Morgan fingerprint density at radius 2 is 2.10 bits per heavy atom. The molecule has 3 heterocycles. The van der Waals surface area contributed by atoms with Crippen molar-refractivity contribution in [2.45, 2.75) is 38.1 Å². The fourth-order valence-electron chi connectivity index (χ4n) is 3.23. The molecule has 1 atom stereocenters. The predicted octanol–water partition coefficient (Wildman–Crippen LogP) is 1.48. The molecule has 4 rings (SSSR count). The van der Waals surface area contributed by atoms with Crippen LogP contribution in [0.3, 0.4) is 0 Å².